The summed E-state index contributed by atoms with van der Waals surface area (Å²) in [6.07, 6.45) is 1.99. The van der Waals surface area contributed by atoms with E-state index in [0.717, 1.165) is 12.8 Å². The second-order valence-corrected chi connectivity index (χ2v) is 4.45. The third kappa shape index (κ3) is 3.16. The lowest BCUT2D eigenvalue weighted by Crippen LogP contribution is -2.23. The molecule has 1 fully saturated rings. The predicted octanol–water partition coefficient (Wildman–Crippen LogP) is 0.271. The number of hydrogen-bond donors (Lipinski definition) is 1. The minimum absolute atomic E-state index is 0.162. The van der Waals surface area contributed by atoms with Gasteiger partial charge in [-0.25, -0.2) is 0 Å². The van der Waals surface area contributed by atoms with Gasteiger partial charge in [-0.3, -0.25) is 0 Å². The van der Waals surface area contributed by atoms with Crippen LogP contribution in [0.15, 0.2) is 0 Å². The summed E-state index contributed by atoms with van der Waals surface area (Å²) in [7, 11) is -4.32. The molecule has 1 aliphatic rings. The molecule has 0 aliphatic heterocycles. The zero-order valence-corrected chi connectivity index (χ0v) is 6.98. The van der Waals surface area contributed by atoms with Crippen LogP contribution in [0.1, 0.15) is 12.8 Å². The molecular weight excluding hydrogens is 169 g/mol. The molecule has 3 nitrogen and oxygen atoms in total. The molecule has 0 aromatic heterocycles. The van der Waals surface area contributed by atoms with Crippen molar-refractivity contribution in [3.8, 4) is 0 Å². The van der Waals surface area contributed by atoms with E-state index < -0.39 is 16.0 Å². The van der Waals surface area contributed by atoms with Gasteiger partial charge in [0.1, 0.15) is 0 Å². The van der Waals surface area contributed by atoms with E-state index in [0.29, 0.717) is 5.92 Å². The zero-order chi connectivity index (χ0) is 8.48. The number of hydrogen-bond acceptors (Lipinski definition) is 3. The fraction of sp³-hybridized carbons (Fsp3) is 1.00. The first-order valence-electron chi connectivity index (χ1n) is 3.65. The molecule has 1 aliphatic carbocycles. The average molecular weight is 181 g/mol. The molecular formula is C6H12FNO2S. The zero-order valence-electron chi connectivity index (χ0n) is 6.16. The fourth-order valence-electron chi connectivity index (χ4n) is 1.22. The summed E-state index contributed by atoms with van der Waals surface area (Å²) in [6.45, 7) is 0.272. The molecule has 0 bridgehead atoms. The van der Waals surface area contributed by atoms with E-state index in [4.69, 9.17) is 5.73 Å². The lowest BCUT2D eigenvalue weighted by Gasteiger charge is -2.09. The lowest BCUT2D eigenvalue weighted by atomic mass is 10.1. The van der Waals surface area contributed by atoms with Crippen molar-refractivity contribution in [1.29, 1.82) is 0 Å². The van der Waals surface area contributed by atoms with Gasteiger partial charge in [0.2, 0.25) is 0 Å². The summed E-state index contributed by atoms with van der Waals surface area (Å²) >= 11 is 0. The highest BCUT2D eigenvalue weighted by Gasteiger charge is 2.33. The van der Waals surface area contributed by atoms with Crippen molar-refractivity contribution in [3.05, 3.63) is 0 Å². The summed E-state index contributed by atoms with van der Waals surface area (Å²) in [6, 6.07) is 0. The Labute approximate surface area is 66.0 Å². The number of rotatable bonds is 4. The van der Waals surface area contributed by atoms with Crippen LogP contribution in [0.5, 0.6) is 0 Å². The van der Waals surface area contributed by atoms with Gasteiger partial charge in [0.15, 0.2) is 0 Å². The van der Waals surface area contributed by atoms with Gasteiger partial charge in [0, 0.05) is 0 Å². The van der Waals surface area contributed by atoms with Gasteiger partial charge in [-0.15, -0.1) is 3.89 Å². The summed E-state index contributed by atoms with van der Waals surface area (Å²) in [5.74, 6) is -0.204. The molecule has 0 saturated heterocycles. The Hall–Kier alpha value is -0.160. The van der Waals surface area contributed by atoms with E-state index in [1.807, 2.05) is 0 Å². The van der Waals surface area contributed by atoms with Crippen LogP contribution in [0.25, 0.3) is 0 Å². The van der Waals surface area contributed by atoms with E-state index in [9.17, 15) is 12.3 Å². The van der Waals surface area contributed by atoms with E-state index >= 15 is 0 Å². The molecule has 2 N–H and O–H groups in total. The van der Waals surface area contributed by atoms with Crippen LogP contribution in [-0.2, 0) is 10.2 Å². The molecule has 0 aromatic carbocycles. The summed E-state index contributed by atoms with van der Waals surface area (Å²) in [5, 5.41) is 0. The summed E-state index contributed by atoms with van der Waals surface area (Å²) in [4.78, 5) is 0. The van der Waals surface area contributed by atoms with Gasteiger partial charge >= 0.3 is 10.2 Å². The highest BCUT2D eigenvalue weighted by atomic mass is 32.3. The van der Waals surface area contributed by atoms with Crippen molar-refractivity contribution in [2.24, 2.45) is 17.6 Å². The Bertz CT molecular complexity index is 223. The first kappa shape index (κ1) is 8.93. The van der Waals surface area contributed by atoms with Crippen molar-refractivity contribution >= 4 is 10.2 Å². The second kappa shape index (κ2) is 3.06. The molecule has 1 unspecified atom stereocenters. The van der Waals surface area contributed by atoms with E-state index in [2.05, 4.69) is 0 Å². The smallest absolute Gasteiger partial charge is 0.302 e. The van der Waals surface area contributed by atoms with Crippen molar-refractivity contribution in [3.63, 3.8) is 0 Å². The van der Waals surface area contributed by atoms with Crippen LogP contribution < -0.4 is 5.73 Å². The molecule has 1 atom stereocenters. The highest BCUT2D eigenvalue weighted by molar-refractivity contribution is 7.86. The average Bonchev–Trinajstić information content (AvgIpc) is 2.61. The first-order valence-corrected chi connectivity index (χ1v) is 5.20. The van der Waals surface area contributed by atoms with Crippen LogP contribution in [0.3, 0.4) is 0 Å². The normalized spacial score (nSPS) is 21.6. The molecule has 0 heterocycles. The molecule has 0 amide bonds. The molecule has 11 heavy (non-hydrogen) atoms. The molecule has 66 valence electrons. The van der Waals surface area contributed by atoms with Crippen LogP contribution in [0, 0.1) is 11.8 Å². The monoisotopic (exact) mass is 181 g/mol. The quantitative estimate of drug-likeness (QED) is 0.633. The number of halogens is 1. The largest absolute Gasteiger partial charge is 0.330 e. The Balaban J connectivity index is 2.43. The Morgan fingerprint density at radius 3 is 2.36 bits per heavy atom. The van der Waals surface area contributed by atoms with Crippen LogP contribution >= 0.6 is 0 Å². The van der Waals surface area contributed by atoms with E-state index in [-0.39, 0.29) is 12.5 Å². The SMILES string of the molecule is NCC(CS(=O)(=O)F)C1CC1. The maximum Gasteiger partial charge on any atom is 0.302 e. The minimum Gasteiger partial charge on any atom is -0.330 e. The Morgan fingerprint density at radius 1 is 1.55 bits per heavy atom. The van der Waals surface area contributed by atoms with Crippen LogP contribution in [0.4, 0.5) is 3.89 Å². The predicted molar refractivity (Wildman–Crippen MR) is 40.2 cm³/mol. The van der Waals surface area contributed by atoms with Crippen LogP contribution in [0.2, 0.25) is 0 Å². The maximum atomic E-state index is 12.1. The van der Waals surface area contributed by atoms with Crippen LogP contribution in [-0.4, -0.2) is 20.7 Å². The highest BCUT2D eigenvalue weighted by Crippen LogP contribution is 2.37. The fourth-order valence-corrected chi connectivity index (χ4v) is 2.14. The topological polar surface area (TPSA) is 60.2 Å². The lowest BCUT2D eigenvalue weighted by molar-refractivity contribution is 0.488. The van der Waals surface area contributed by atoms with Crippen molar-refractivity contribution in [2.45, 2.75) is 12.8 Å². The first-order chi connectivity index (χ1) is 5.03. The Morgan fingerprint density at radius 2 is 2.09 bits per heavy atom. The maximum absolute atomic E-state index is 12.1. The van der Waals surface area contributed by atoms with Gasteiger partial charge < -0.3 is 5.73 Å². The molecule has 1 rings (SSSR count). The van der Waals surface area contributed by atoms with Crippen molar-refractivity contribution in [2.75, 3.05) is 12.3 Å². The molecule has 1 saturated carbocycles. The van der Waals surface area contributed by atoms with Gasteiger partial charge in [0.25, 0.3) is 0 Å². The molecule has 5 heteroatoms. The standard InChI is InChI=1S/C6H12FNO2S/c7-11(9,10)4-6(3-8)5-1-2-5/h5-6H,1-4,8H2. The van der Waals surface area contributed by atoms with Crippen molar-refractivity contribution in [1.82, 2.24) is 0 Å². The van der Waals surface area contributed by atoms with Gasteiger partial charge in [-0.1, -0.05) is 0 Å². The number of nitrogens with two attached hydrogens (primary N) is 1. The molecule has 0 aromatic rings. The van der Waals surface area contributed by atoms with Gasteiger partial charge in [-0.05, 0) is 31.2 Å². The minimum atomic E-state index is -4.32. The summed E-state index contributed by atoms with van der Waals surface area (Å²) < 4.78 is 32.6. The third-order valence-electron chi connectivity index (χ3n) is 2.00. The van der Waals surface area contributed by atoms with E-state index in [1.165, 1.54) is 0 Å². The second-order valence-electron chi connectivity index (χ2n) is 3.04. The molecule has 0 radical (unpaired) electrons. The van der Waals surface area contributed by atoms with Gasteiger partial charge in [-0.2, -0.15) is 8.42 Å². The van der Waals surface area contributed by atoms with E-state index in [1.54, 1.807) is 0 Å². The third-order valence-corrected chi connectivity index (χ3v) is 2.83. The molecule has 0 spiro atoms. The van der Waals surface area contributed by atoms with Gasteiger partial charge in [0.05, 0.1) is 5.75 Å². The summed E-state index contributed by atoms with van der Waals surface area (Å²) in [5.41, 5.74) is 5.29. The van der Waals surface area contributed by atoms with Crippen molar-refractivity contribution < 1.29 is 12.3 Å². The Kier molecular flexibility index (Phi) is 2.49.